The Labute approximate surface area is 76.3 Å². The van der Waals surface area contributed by atoms with Gasteiger partial charge in [-0.2, -0.15) is 8.78 Å². The van der Waals surface area contributed by atoms with E-state index in [2.05, 4.69) is 0 Å². The van der Waals surface area contributed by atoms with Crippen molar-refractivity contribution in [2.45, 2.75) is 52.4 Å². The van der Waals surface area contributed by atoms with Gasteiger partial charge in [0.05, 0.1) is 0 Å². The van der Waals surface area contributed by atoms with Crippen LogP contribution in [-0.4, -0.2) is 11.8 Å². The minimum absolute atomic E-state index is 0.0416. The van der Waals surface area contributed by atoms with Crippen LogP contribution < -0.4 is 0 Å². The molecule has 0 saturated heterocycles. The first kappa shape index (κ1) is 12.7. The molecule has 80 valence electrons. The van der Waals surface area contributed by atoms with E-state index in [1.807, 2.05) is 0 Å². The first-order valence-electron chi connectivity index (χ1n) is 4.38. The van der Waals surface area contributed by atoms with Gasteiger partial charge >= 0.3 is 11.8 Å². The van der Waals surface area contributed by atoms with Crippen LogP contribution in [0.15, 0.2) is 0 Å². The van der Waals surface area contributed by atoms with Crippen molar-refractivity contribution in [3.05, 3.63) is 0 Å². The molecule has 0 rings (SSSR count). The van der Waals surface area contributed by atoms with E-state index in [0.29, 0.717) is 0 Å². The molecule has 0 aliphatic rings. The van der Waals surface area contributed by atoms with Crippen LogP contribution in [-0.2, 0) is 0 Å². The topological polar surface area (TPSA) is 0 Å². The van der Waals surface area contributed by atoms with E-state index in [-0.39, 0.29) is 19.8 Å². The minimum Gasteiger partial charge on any atom is -0.200 e. The number of halogens is 4. The van der Waals surface area contributed by atoms with Crippen molar-refractivity contribution in [1.29, 1.82) is 0 Å². The lowest BCUT2D eigenvalue weighted by atomic mass is 9.76. The van der Waals surface area contributed by atoms with Gasteiger partial charge in [-0.1, -0.05) is 20.8 Å². The molecule has 0 heterocycles. The number of hydrogen-bond donors (Lipinski definition) is 0. The fourth-order valence-corrected chi connectivity index (χ4v) is 1.22. The zero-order valence-corrected chi connectivity index (χ0v) is 8.43. The molecule has 0 aromatic heterocycles. The van der Waals surface area contributed by atoms with Gasteiger partial charge in [-0.05, 0) is 12.8 Å². The average Bonchev–Trinajstić information content (AvgIpc) is 2.00. The third-order valence-electron chi connectivity index (χ3n) is 2.87. The van der Waals surface area contributed by atoms with Gasteiger partial charge in [0.2, 0.25) is 0 Å². The molecule has 0 atom stereocenters. The van der Waals surface area contributed by atoms with Crippen LogP contribution in [0, 0.1) is 5.41 Å². The molecule has 0 aliphatic heterocycles. The summed E-state index contributed by atoms with van der Waals surface area (Å²) in [6, 6.07) is 0. The van der Waals surface area contributed by atoms with Gasteiger partial charge in [-0.15, -0.1) is 0 Å². The Hall–Kier alpha value is -0.280. The maximum atomic E-state index is 13.2. The number of alkyl halides is 4. The maximum absolute atomic E-state index is 13.2. The lowest BCUT2D eigenvalue weighted by Crippen LogP contribution is -2.50. The highest BCUT2D eigenvalue weighted by Crippen LogP contribution is 2.50. The molecule has 0 aromatic rings. The second-order valence-corrected chi connectivity index (χ2v) is 3.73. The predicted molar refractivity (Wildman–Crippen MR) is 44.3 cm³/mol. The lowest BCUT2D eigenvalue weighted by molar-refractivity contribution is -0.258. The van der Waals surface area contributed by atoms with Crippen molar-refractivity contribution in [3.63, 3.8) is 0 Å². The molecule has 0 spiro atoms. The summed E-state index contributed by atoms with van der Waals surface area (Å²) in [7, 11) is 0. The summed E-state index contributed by atoms with van der Waals surface area (Å²) in [5.74, 6) is -7.89. The Morgan fingerprint density at radius 2 is 1.15 bits per heavy atom. The van der Waals surface area contributed by atoms with Crippen LogP contribution in [0.3, 0.4) is 0 Å². The van der Waals surface area contributed by atoms with Gasteiger partial charge in [-0.3, -0.25) is 0 Å². The summed E-state index contributed by atoms with van der Waals surface area (Å²) in [6.45, 7) is 4.48. The normalized spacial score (nSPS) is 14.8. The van der Waals surface area contributed by atoms with E-state index < -0.39 is 17.3 Å². The maximum Gasteiger partial charge on any atom is 0.315 e. The van der Waals surface area contributed by atoms with Gasteiger partial charge in [0.15, 0.2) is 0 Å². The molecule has 0 aromatic carbocycles. The van der Waals surface area contributed by atoms with Crippen molar-refractivity contribution < 1.29 is 17.6 Å². The second-order valence-electron chi connectivity index (χ2n) is 3.73. The van der Waals surface area contributed by atoms with E-state index in [1.54, 1.807) is 0 Å². The van der Waals surface area contributed by atoms with Crippen LogP contribution in [0.4, 0.5) is 17.6 Å². The largest absolute Gasteiger partial charge is 0.315 e. The van der Waals surface area contributed by atoms with Gasteiger partial charge in [-0.25, -0.2) is 8.78 Å². The third kappa shape index (κ3) is 1.97. The Morgan fingerprint density at radius 3 is 1.23 bits per heavy atom. The van der Waals surface area contributed by atoms with Gasteiger partial charge in [0.25, 0.3) is 0 Å². The van der Waals surface area contributed by atoms with E-state index in [1.165, 1.54) is 20.8 Å². The third-order valence-corrected chi connectivity index (χ3v) is 2.87. The van der Waals surface area contributed by atoms with Gasteiger partial charge < -0.3 is 0 Å². The van der Waals surface area contributed by atoms with Crippen LogP contribution in [0.25, 0.3) is 0 Å². The fourth-order valence-electron chi connectivity index (χ4n) is 1.22. The molecule has 0 unspecified atom stereocenters. The smallest absolute Gasteiger partial charge is 0.200 e. The van der Waals surface area contributed by atoms with Crippen LogP contribution >= 0.6 is 0 Å². The molecular weight excluding hydrogens is 184 g/mol. The number of rotatable bonds is 4. The summed E-state index contributed by atoms with van der Waals surface area (Å²) in [4.78, 5) is 0. The molecule has 13 heavy (non-hydrogen) atoms. The Morgan fingerprint density at radius 1 is 0.846 bits per heavy atom. The van der Waals surface area contributed by atoms with Crippen molar-refractivity contribution in [2.24, 2.45) is 5.41 Å². The quantitative estimate of drug-likeness (QED) is 0.599. The molecule has 0 radical (unpaired) electrons. The monoisotopic (exact) mass is 200 g/mol. The average molecular weight is 200 g/mol. The van der Waals surface area contributed by atoms with Crippen LogP contribution in [0.5, 0.6) is 0 Å². The van der Waals surface area contributed by atoms with Crippen molar-refractivity contribution in [3.8, 4) is 0 Å². The molecule has 0 nitrogen and oxygen atoms in total. The summed E-state index contributed by atoms with van der Waals surface area (Å²) >= 11 is 0. The van der Waals surface area contributed by atoms with Crippen LogP contribution in [0.1, 0.15) is 40.5 Å². The lowest BCUT2D eigenvalue weighted by Gasteiger charge is -2.39. The zero-order chi connectivity index (χ0) is 10.9. The standard InChI is InChI=1S/C9H16F4/c1-5-7(3,6-2)9(12,13)8(4,10)11/h5-6H2,1-4H3. The minimum atomic E-state index is -3.95. The predicted octanol–water partition coefficient (Wildman–Crippen LogP) is 4.10. The molecule has 0 aliphatic carbocycles. The summed E-state index contributed by atoms with van der Waals surface area (Å²) in [5.41, 5.74) is -1.62. The van der Waals surface area contributed by atoms with Crippen molar-refractivity contribution in [1.82, 2.24) is 0 Å². The summed E-state index contributed by atoms with van der Waals surface area (Å²) in [5, 5.41) is 0. The van der Waals surface area contributed by atoms with E-state index in [4.69, 9.17) is 0 Å². The first-order valence-corrected chi connectivity index (χ1v) is 4.38. The highest BCUT2D eigenvalue weighted by molar-refractivity contribution is 4.94. The Balaban J connectivity index is 5.00. The molecule has 0 saturated carbocycles. The molecule has 0 fully saturated rings. The summed E-state index contributed by atoms with van der Waals surface area (Å²) < 4.78 is 51.7. The summed E-state index contributed by atoms with van der Waals surface area (Å²) in [6.07, 6.45) is 0.0832. The fraction of sp³-hybridized carbons (Fsp3) is 1.00. The highest BCUT2D eigenvalue weighted by Gasteiger charge is 2.62. The van der Waals surface area contributed by atoms with Crippen molar-refractivity contribution >= 4 is 0 Å². The Bertz CT molecular complexity index is 165. The SMILES string of the molecule is CCC(C)(CC)C(F)(F)C(C)(F)F. The second kappa shape index (κ2) is 3.46. The molecule has 0 N–H and O–H groups in total. The number of hydrogen-bond acceptors (Lipinski definition) is 0. The first-order chi connectivity index (χ1) is 5.62. The molecule has 0 bridgehead atoms. The van der Waals surface area contributed by atoms with E-state index >= 15 is 0 Å². The molecule has 4 heteroatoms. The van der Waals surface area contributed by atoms with E-state index in [9.17, 15) is 17.6 Å². The molecule has 0 amide bonds. The van der Waals surface area contributed by atoms with Crippen LogP contribution in [0.2, 0.25) is 0 Å². The van der Waals surface area contributed by atoms with E-state index in [0.717, 1.165) is 0 Å². The zero-order valence-electron chi connectivity index (χ0n) is 8.43. The van der Waals surface area contributed by atoms with Gasteiger partial charge in [0.1, 0.15) is 0 Å². The van der Waals surface area contributed by atoms with Gasteiger partial charge in [0, 0.05) is 12.3 Å². The Kier molecular flexibility index (Phi) is 3.39. The van der Waals surface area contributed by atoms with Crippen molar-refractivity contribution in [2.75, 3.05) is 0 Å². The highest BCUT2D eigenvalue weighted by atomic mass is 19.3. The molecular formula is C9H16F4.